The predicted octanol–water partition coefficient (Wildman–Crippen LogP) is 4.65. The number of ether oxygens (including phenoxy) is 1. The van der Waals surface area contributed by atoms with Gasteiger partial charge >= 0.3 is 0 Å². The number of carbonyl (C=O) groups excluding carboxylic acids is 2. The number of hydrogen-bond acceptors (Lipinski definition) is 9. The number of carbonyl (C=O) groups is 2. The molecule has 4 rings (SSSR count). The second kappa shape index (κ2) is 13.7. The molecule has 1 saturated carbocycles. The van der Waals surface area contributed by atoms with E-state index in [1.807, 2.05) is 16.9 Å². The average Bonchev–Trinajstić information content (AvgIpc) is 3.71. The van der Waals surface area contributed by atoms with Crippen LogP contribution in [0.3, 0.4) is 0 Å². The number of aromatic nitrogens is 2. The fourth-order valence-corrected chi connectivity index (χ4v) is 6.58. The highest BCUT2D eigenvalue weighted by Crippen LogP contribution is 2.49. The van der Waals surface area contributed by atoms with Crippen LogP contribution in [0.4, 0.5) is 0 Å². The lowest BCUT2D eigenvalue weighted by molar-refractivity contribution is -0.134. The minimum atomic E-state index is -4.12. The first-order valence-corrected chi connectivity index (χ1v) is 17.3. The largest absolute Gasteiger partial charge is 0.495 e. The lowest BCUT2D eigenvalue weighted by atomic mass is 9.99. The van der Waals surface area contributed by atoms with E-state index < -0.39 is 26.2 Å². The van der Waals surface area contributed by atoms with Gasteiger partial charge in [-0.25, -0.2) is 18.1 Å². The minimum absolute atomic E-state index is 0.00655. The Morgan fingerprint density at radius 3 is 2.39 bits per heavy atom. The summed E-state index contributed by atoms with van der Waals surface area (Å²) in [7, 11) is -2.54. The average molecular weight is 642 g/mol. The van der Waals surface area contributed by atoms with Gasteiger partial charge in [0.05, 0.1) is 31.0 Å². The van der Waals surface area contributed by atoms with E-state index in [2.05, 4.69) is 41.2 Å². The summed E-state index contributed by atoms with van der Waals surface area (Å²) in [5.74, 6) is -0.247. The fourth-order valence-electron chi connectivity index (χ4n) is 5.03. The molecule has 2 heterocycles. The first-order valence-electron chi connectivity index (χ1n) is 15.0. The standard InChI is InChI=1S/C32H43N5O5S2/c1-6-7-10-23-11-8-12-24(19-23)13-9-18-37(30(39)32(16-17-32)26-15-14-25(42-5)20-34-26)21-27-35-28(22(2)43-27)29(38)36-44(40,41)31(3,4)33/h8,11-12,14-15,19-20H,6-7,9-10,13,16-18,21,33H2,1-5H3,(H,36,38). The number of nitrogens with one attached hydrogen (secondary N) is 1. The summed E-state index contributed by atoms with van der Waals surface area (Å²) in [6.07, 6.45) is 7.92. The van der Waals surface area contributed by atoms with Gasteiger partial charge in [-0.2, -0.15) is 0 Å². The van der Waals surface area contributed by atoms with Crippen LogP contribution in [-0.2, 0) is 39.6 Å². The highest BCUT2D eigenvalue weighted by atomic mass is 32.2. The molecule has 0 saturated heterocycles. The number of thiazole rings is 1. The smallest absolute Gasteiger partial charge is 0.284 e. The number of pyridine rings is 1. The Kier molecular flexibility index (Phi) is 10.5. The molecular formula is C32H43N5O5S2. The SMILES string of the molecule is CCCCc1cccc(CCCN(Cc2nc(C(=O)NS(=O)(=O)C(C)(C)N)c(C)s2)C(=O)C2(c3ccc(OC)cn3)CC2)c1. The van der Waals surface area contributed by atoms with Crippen LogP contribution in [0.2, 0.25) is 0 Å². The van der Waals surface area contributed by atoms with Crippen LogP contribution >= 0.6 is 11.3 Å². The molecule has 44 heavy (non-hydrogen) atoms. The Morgan fingerprint density at radius 2 is 1.82 bits per heavy atom. The molecule has 3 N–H and O–H groups in total. The second-order valence-corrected chi connectivity index (χ2v) is 15.5. The lowest BCUT2D eigenvalue weighted by Gasteiger charge is -2.27. The van der Waals surface area contributed by atoms with Gasteiger partial charge in [0.1, 0.15) is 21.3 Å². The normalized spacial score (nSPS) is 14.2. The Bertz CT molecular complexity index is 1570. The fraction of sp³-hybridized carbons (Fsp3) is 0.500. The van der Waals surface area contributed by atoms with Crippen molar-refractivity contribution in [3.8, 4) is 5.75 Å². The number of amides is 2. The third-order valence-corrected chi connectivity index (χ3v) is 10.7. The van der Waals surface area contributed by atoms with E-state index in [-0.39, 0.29) is 18.1 Å². The van der Waals surface area contributed by atoms with Crippen LogP contribution < -0.4 is 15.2 Å². The monoisotopic (exact) mass is 641 g/mol. The molecule has 12 heteroatoms. The number of nitrogens with two attached hydrogens (primary N) is 1. The topological polar surface area (TPSA) is 145 Å². The van der Waals surface area contributed by atoms with E-state index in [1.165, 1.54) is 36.3 Å². The van der Waals surface area contributed by atoms with Crippen molar-refractivity contribution in [3.05, 3.63) is 75.0 Å². The van der Waals surface area contributed by atoms with Crippen molar-refractivity contribution in [2.45, 2.75) is 89.5 Å². The van der Waals surface area contributed by atoms with E-state index in [0.717, 1.165) is 32.1 Å². The van der Waals surface area contributed by atoms with Gasteiger partial charge in [0.15, 0.2) is 0 Å². The van der Waals surface area contributed by atoms with Crippen LogP contribution in [0.1, 0.15) is 90.1 Å². The number of nitrogens with zero attached hydrogens (tertiary/aromatic N) is 3. The molecular weight excluding hydrogens is 599 g/mol. The Labute approximate surface area is 264 Å². The molecule has 1 fully saturated rings. The summed E-state index contributed by atoms with van der Waals surface area (Å²) in [5.41, 5.74) is 8.30. The van der Waals surface area contributed by atoms with Crippen LogP contribution in [0.15, 0.2) is 42.6 Å². The highest BCUT2D eigenvalue weighted by Gasteiger charge is 2.54. The summed E-state index contributed by atoms with van der Waals surface area (Å²) in [6, 6.07) is 12.3. The number of unbranched alkanes of at least 4 members (excludes halogenated alkanes) is 1. The molecule has 0 bridgehead atoms. The van der Waals surface area contributed by atoms with E-state index in [1.54, 1.807) is 25.1 Å². The molecule has 1 aromatic carbocycles. The molecule has 1 aliphatic carbocycles. The number of hydrogen-bond donors (Lipinski definition) is 2. The van der Waals surface area contributed by atoms with Gasteiger partial charge in [0, 0.05) is 11.4 Å². The van der Waals surface area contributed by atoms with Gasteiger partial charge < -0.3 is 15.4 Å². The maximum atomic E-state index is 14.2. The van der Waals surface area contributed by atoms with Gasteiger partial charge in [-0.1, -0.05) is 37.6 Å². The molecule has 3 aromatic rings. The molecule has 1 aliphatic rings. The minimum Gasteiger partial charge on any atom is -0.495 e. The Morgan fingerprint density at radius 1 is 1.14 bits per heavy atom. The maximum absolute atomic E-state index is 14.2. The molecule has 2 amide bonds. The van der Waals surface area contributed by atoms with Crippen LogP contribution in [0.25, 0.3) is 0 Å². The number of methoxy groups -OCH3 is 1. The summed E-state index contributed by atoms with van der Waals surface area (Å²) in [5, 5.41) is 0.547. The van der Waals surface area contributed by atoms with E-state index in [4.69, 9.17) is 10.5 Å². The Hall–Kier alpha value is -3.35. The lowest BCUT2D eigenvalue weighted by Crippen LogP contribution is -2.50. The maximum Gasteiger partial charge on any atom is 0.284 e. The van der Waals surface area contributed by atoms with Crippen molar-refractivity contribution in [1.29, 1.82) is 0 Å². The first kappa shape index (κ1) is 33.5. The zero-order valence-electron chi connectivity index (χ0n) is 26.2. The molecule has 2 aromatic heterocycles. The number of aryl methyl sites for hydroxylation is 3. The third kappa shape index (κ3) is 7.83. The molecule has 0 spiro atoms. The number of sulfonamides is 1. The molecule has 0 aliphatic heterocycles. The van der Waals surface area contributed by atoms with Gasteiger partial charge in [-0.05, 0) is 82.6 Å². The zero-order valence-corrected chi connectivity index (χ0v) is 27.8. The third-order valence-electron chi connectivity index (χ3n) is 7.91. The molecule has 0 atom stereocenters. The molecule has 10 nitrogen and oxygen atoms in total. The second-order valence-electron chi connectivity index (χ2n) is 12.0. The van der Waals surface area contributed by atoms with Crippen LogP contribution in [0.5, 0.6) is 5.75 Å². The predicted molar refractivity (Wildman–Crippen MR) is 172 cm³/mol. The summed E-state index contributed by atoms with van der Waals surface area (Å²) < 4.78 is 32.2. The number of rotatable bonds is 15. The summed E-state index contributed by atoms with van der Waals surface area (Å²) in [6.45, 7) is 7.19. The quantitative estimate of drug-likeness (QED) is 0.244. The number of benzene rings is 1. The summed E-state index contributed by atoms with van der Waals surface area (Å²) in [4.78, 5) is 36.8. The van der Waals surface area contributed by atoms with Gasteiger partial charge in [-0.3, -0.25) is 14.6 Å². The van der Waals surface area contributed by atoms with Crippen LogP contribution in [-0.4, -0.2) is 53.6 Å². The summed E-state index contributed by atoms with van der Waals surface area (Å²) >= 11 is 1.27. The Balaban J connectivity index is 1.55. The van der Waals surface area contributed by atoms with Crippen molar-refractivity contribution < 1.29 is 22.7 Å². The van der Waals surface area contributed by atoms with Crippen LogP contribution in [0, 0.1) is 6.92 Å². The molecule has 0 radical (unpaired) electrons. The van der Waals surface area contributed by atoms with Crippen molar-refractivity contribution >= 4 is 33.2 Å². The van der Waals surface area contributed by atoms with Crippen molar-refractivity contribution in [3.63, 3.8) is 0 Å². The van der Waals surface area contributed by atoms with E-state index >= 15 is 0 Å². The zero-order chi connectivity index (χ0) is 32.1. The molecule has 0 unspecified atom stereocenters. The van der Waals surface area contributed by atoms with Crippen molar-refractivity contribution in [2.24, 2.45) is 5.73 Å². The van der Waals surface area contributed by atoms with Gasteiger partial charge in [-0.15, -0.1) is 11.3 Å². The van der Waals surface area contributed by atoms with Gasteiger partial charge in [0.25, 0.3) is 15.9 Å². The van der Waals surface area contributed by atoms with Crippen molar-refractivity contribution in [1.82, 2.24) is 19.6 Å². The van der Waals surface area contributed by atoms with Crippen molar-refractivity contribution in [2.75, 3.05) is 13.7 Å². The van der Waals surface area contributed by atoms with E-state index in [9.17, 15) is 18.0 Å². The van der Waals surface area contributed by atoms with E-state index in [0.29, 0.717) is 40.7 Å². The molecule has 238 valence electrons. The highest BCUT2D eigenvalue weighted by molar-refractivity contribution is 7.91. The first-order chi connectivity index (χ1) is 20.8. The van der Waals surface area contributed by atoms with Gasteiger partial charge in [0.2, 0.25) is 5.91 Å².